The van der Waals surface area contributed by atoms with Crippen LogP contribution in [0.1, 0.15) is 5.56 Å². The molecule has 0 spiro atoms. The normalized spacial score (nSPS) is 10.8. The van der Waals surface area contributed by atoms with Crippen molar-refractivity contribution in [3.05, 3.63) is 82.3 Å². The lowest BCUT2D eigenvalue weighted by molar-refractivity contribution is 0.355. The second kappa shape index (κ2) is 9.64. The lowest BCUT2D eigenvalue weighted by Gasteiger charge is -2.14. The van der Waals surface area contributed by atoms with Gasteiger partial charge in [-0.1, -0.05) is 71.4 Å². The van der Waals surface area contributed by atoms with Gasteiger partial charge in [0.15, 0.2) is 22.5 Å². The fourth-order valence-electron chi connectivity index (χ4n) is 3.14. The number of hydrogen-bond donors (Lipinski definition) is 0. The van der Waals surface area contributed by atoms with Crippen molar-refractivity contribution < 1.29 is 9.47 Å². The van der Waals surface area contributed by atoms with E-state index in [0.29, 0.717) is 32.5 Å². The largest absolute Gasteiger partial charge is 0.493 e. The third-order valence-electron chi connectivity index (χ3n) is 4.70. The molecule has 0 atom stereocenters. The van der Waals surface area contributed by atoms with E-state index in [1.165, 1.54) is 11.8 Å². The number of ether oxygens (including phenoxy) is 2. The van der Waals surface area contributed by atoms with E-state index >= 15 is 0 Å². The molecule has 31 heavy (non-hydrogen) atoms. The summed E-state index contributed by atoms with van der Waals surface area (Å²) in [5.41, 5.74) is 2.67. The molecule has 0 aliphatic heterocycles. The van der Waals surface area contributed by atoms with Gasteiger partial charge in [0.1, 0.15) is 0 Å². The van der Waals surface area contributed by atoms with E-state index in [4.69, 9.17) is 32.7 Å². The minimum atomic E-state index is 0.554. The van der Waals surface area contributed by atoms with E-state index in [2.05, 4.69) is 10.2 Å². The van der Waals surface area contributed by atoms with Gasteiger partial charge in [0.05, 0.1) is 19.9 Å². The minimum absolute atomic E-state index is 0.554. The van der Waals surface area contributed by atoms with Crippen molar-refractivity contribution in [3.8, 4) is 28.6 Å². The topological polar surface area (TPSA) is 49.2 Å². The number of nitrogens with zero attached hydrogens (tertiary/aromatic N) is 3. The summed E-state index contributed by atoms with van der Waals surface area (Å²) >= 11 is 14.2. The molecule has 0 N–H and O–H groups in total. The standard InChI is InChI=1S/C23H19Cl2N3O2S/c1-29-20-12-11-16(13-21(20)30-2)28-22(15-7-4-3-5-8-15)26-27-23(28)31-14-17-18(24)9-6-10-19(17)25/h3-13H,14H2,1-2H3. The Morgan fingerprint density at radius 3 is 2.23 bits per heavy atom. The zero-order valence-corrected chi connectivity index (χ0v) is 19.2. The molecular weight excluding hydrogens is 453 g/mol. The predicted octanol–water partition coefficient (Wildman–Crippen LogP) is 6.55. The van der Waals surface area contributed by atoms with Crippen LogP contribution in [0.3, 0.4) is 0 Å². The summed E-state index contributed by atoms with van der Waals surface area (Å²) < 4.78 is 12.9. The molecule has 3 aromatic carbocycles. The van der Waals surface area contributed by atoms with E-state index in [1.807, 2.05) is 71.3 Å². The van der Waals surface area contributed by atoms with Gasteiger partial charge in [0.2, 0.25) is 0 Å². The molecule has 0 aliphatic rings. The Hall–Kier alpha value is -2.67. The van der Waals surface area contributed by atoms with E-state index in [0.717, 1.165) is 22.6 Å². The molecule has 158 valence electrons. The maximum Gasteiger partial charge on any atom is 0.196 e. The van der Waals surface area contributed by atoms with Crippen LogP contribution in [0.2, 0.25) is 10.0 Å². The number of benzene rings is 3. The number of hydrogen-bond acceptors (Lipinski definition) is 5. The number of aromatic nitrogens is 3. The lowest BCUT2D eigenvalue weighted by Crippen LogP contribution is -2.01. The van der Waals surface area contributed by atoms with Crippen LogP contribution in [0, 0.1) is 0 Å². The summed E-state index contributed by atoms with van der Waals surface area (Å²) in [6, 6.07) is 21.1. The highest BCUT2D eigenvalue weighted by molar-refractivity contribution is 7.98. The van der Waals surface area contributed by atoms with Gasteiger partial charge in [-0.3, -0.25) is 4.57 Å². The van der Waals surface area contributed by atoms with Crippen LogP contribution in [-0.4, -0.2) is 29.0 Å². The molecule has 0 bridgehead atoms. The summed E-state index contributed by atoms with van der Waals surface area (Å²) in [7, 11) is 3.22. The summed E-state index contributed by atoms with van der Waals surface area (Å²) in [5.74, 6) is 2.55. The molecule has 5 nitrogen and oxygen atoms in total. The van der Waals surface area contributed by atoms with Gasteiger partial charge in [0, 0.05) is 27.4 Å². The average Bonchev–Trinajstić information content (AvgIpc) is 3.22. The van der Waals surface area contributed by atoms with Gasteiger partial charge < -0.3 is 9.47 Å². The van der Waals surface area contributed by atoms with Crippen LogP contribution in [0.25, 0.3) is 17.1 Å². The van der Waals surface area contributed by atoms with Gasteiger partial charge in [-0.05, 0) is 29.8 Å². The lowest BCUT2D eigenvalue weighted by atomic mass is 10.2. The second-order valence-corrected chi connectivity index (χ2v) is 8.29. The summed E-state index contributed by atoms with van der Waals surface area (Å²) in [4.78, 5) is 0. The fourth-order valence-corrected chi connectivity index (χ4v) is 4.83. The van der Waals surface area contributed by atoms with Crippen LogP contribution >= 0.6 is 35.0 Å². The SMILES string of the molecule is COc1ccc(-n2c(SCc3c(Cl)cccc3Cl)nnc2-c2ccccc2)cc1OC. The Morgan fingerprint density at radius 1 is 0.839 bits per heavy atom. The molecule has 1 aromatic heterocycles. The molecule has 0 unspecified atom stereocenters. The Labute approximate surface area is 194 Å². The first-order valence-corrected chi connectivity index (χ1v) is 11.2. The monoisotopic (exact) mass is 471 g/mol. The zero-order chi connectivity index (χ0) is 21.8. The van der Waals surface area contributed by atoms with Crippen molar-refractivity contribution >= 4 is 35.0 Å². The Morgan fingerprint density at radius 2 is 1.55 bits per heavy atom. The Bertz CT molecular complexity index is 1180. The highest BCUT2D eigenvalue weighted by atomic mass is 35.5. The average molecular weight is 472 g/mol. The predicted molar refractivity (Wildman–Crippen MR) is 126 cm³/mol. The maximum atomic E-state index is 6.36. The van der Waals surface area contributed by atoms with Gasteiger partial charge in [0.25, 0.3) is 0 Å². The van der Waals surface area contributed by atoms with E-state index in [-0.39, 0.29) is 0 Å². The first kappa shape index (κ1) is 21.6. The third-order valence-corrected chi connectivity index (χ3v) is 6.36. The molecule has 0 saturated heterocycles. The first-order chi connectivity index (χ1) is 15.1. The van der Waals surface area contributed by atoms with Crippen molar-refractivity contribution in [1.82, 2.24) is 14.8 Å². The molecular formula is C23H19Cl2N3O2S. The van der Waals surface area contributed by atoms with Crippen LogP contribution < -0.4 is 9.47 Å². The molecule has 0 fully saturated rings. The minimum Gasteiger partial charge on any atom is -0.493 e. The molecule has 0 amide bonds. The van der Waals surface area contributed by atoms with Crippen molar-refractivity contribution in [2.75, 3.05) is 14.2 Å². The number of halogens is 2. The van der Waals surface area contributed by atoms with Crippen molar-refractivity contribution in [3.63, 3.8) is 0 Å². The molecule has 1 heterocycles. The number of rotatable bonds is 7. The first-order valence-electron chi connectivity index (χ1n) is 9.41. The van der Waals surface area contributed by atoms with Crippen LogP contribution in [-0.2, 0) is 5.75 Å². The highest BCUT2D eigenvalue weighted by Gasteiger charge is 2.19. The zero-order valence-electron chi connectivity index (χ0n) is 16.9. The number of methoxy groups -OCH3 is 2. The number of thioether (sulfide) groups is 1. The second-order valence-electron chi connectivity index (χ2n) is 6.54. The van der Waals surface area contributed by atoms with Gasteiger partial charge in [-0.15, -0.1) is 10.2 Å². The molecule has 4 aromatic rings. The van der Waals surface area contributed by atoms with Crippen molar-refractivity contribution in [1.29, 1.82) is 0 Å². The smallest absolute Gasteiger partial charge is 0.196 e. The van der Waals surface area contributed by atoms with Gasteiger partial charge in [-0.2, -0.15) is 0 Å². The van der Waals surface area contributed by atoms with Crippen molar-refractivity contribution in [2.24, 2.45) is 0 Å². The quantitative estimate of drug-likeness (QED) is 0.286. The molecule has 0 aliphatic carbocycles. The highest BCUT2D eigenvalue weighted by Crippen LogP contribution is 2.36. The molecule has 4 rings (SSSR count). The molecule has 0 saturated carbocycles. The fraction of sp³-hybridized carbons (Fsp3) is 0.130. The van der Waals surface area contributed by atoms with Crippen molar-refractivity contribution in [2.45, 2.75) is 10.9 Å². The summed E-state index contributed by atoms with van der Waals surface area (Å²) in [6.45, 7) is 0. The molecule has 0 radical (unpaired) electrons. The van der Waals surface area contributed by atoms with Crippen LogP contribution in [0.5, 0.6) is 11.5 Å². The molecule has 8 heteroatoms. The van der Waals surface area contributed by atoms with Crippen LogP contribution in [0.4, 0.5) is 0 Å². The Kier molecular flexibility index (Phi) is 6.70. The third kappa shape index (κ3) is 4.51. The van der Waals surface area contributed by atoms with E-state index < -0.39 is 0 Å². The summed E-state index contributed by atoms with van der Waals surface area (Å²) in [5, 5.41) is 10.9. The van der Waals surface area contributed by atoms with Gasteiger partial charge >= 0.3 is 0 Å². The van der Waals surface area contributed by atoms with Crippen LogP contribution in [0.15, 0.2) is 71.9 Å². The Balaban J connectivity index is 1.79. The van der Waals surface area contributed by atoms with E-state index in [9.17, 15) is 0 Å². The summed E-state index contributed by atoms with van der Waals surface area (Å²) in [6.07, 6.45) is 0. The van der Waals surface area contributed by atoms with Gasteiger partial charge in [-0.25, -0.2) is 0 Å². The maximum absolute atomic E-state index is 6.36. The van der Waals surface area contributed by atoms with E-state index in [1.54, 1.807) is 14.2 Å².